The quantitative estimate of drug-likeness (QED) is 0.777. The second-order valence-corrected chi connectivity index (χ2v) is 4.30. The Labute approximate surface area is 86.3 Å². The van der Waals surface area contributed by atoms with Crippen molar-refractivity contribution in [1.29, 1.82) is 0 Å². The minimum absolute atomic E-state index is 0.596. The maximum atomic E-state index is 5.88. The molecular formula is C13H19N. The maximum Gasteiger partial charge on any atom is -0.000556 e. The predicted octanol–water partition coefficient (Wildman–Crippen LogP) is 2.92. The average molecular weight is 189 g/mol. The minimum Gasteiger partial charge on any atom is -0.330 e. The fraction of sp³-hybridized carbons (Fsp3) is 0.538. The lowest BCUT2D eigenvalue weighted by Gasteiger charge is -2.22. The molecular weight excluding hydrogens is 170 g/mol. The van der Waals surface area contributed by atoms with Crippen molar-refractivity contribution in [3.63, 3.8) is 0 Å². The molecule has 0 spiro atoms. The van der Waals surface area contributed by atoms with Gasteiger partial charge in [-0.2, -0.15) is 0 Å². The molecule has 2 N–H and O–H groups in total. The Morgan fingerprint density at radius 3 is 2.36 bits per heavy atom. The highest BCUT2D eigenvalue weighted by molar-refractivity contribution is 5.21. The van der Waals surface area contributed by atoms with Crippen molar-refractivity contribution in [1.82, 2.24) is 0 Å². The highest BCUT2D eigenvalue weighted by Gasteiger charge is 2.24. The van der Waals surface area contributed by atoms with Crippen molar-refractivity contribution in [3.05, 3.63) is 35.9 Å². The van der Waals surface area contributed by atoms with Crippen LogP contribution in [0.2, 0.25) is 0 Å². The molecule has 1 atom stereocenters. The molecule has 0 aromatic heterocycles. The summed E-state index contributed by atoms with van der Waals surface area (Å²) in [5.41, 5.74) is 7.32. The van der Waals surface area contributed by atoms with Crippen LogP contribution in [-0.2, 0) is 0 Å². The number of nitrogens with two attached hydrogens (primary N) is 1. The Kier molecular flexibility index (Phi) is 3.20. The zero-order chi connectivity index (χ0) is 9.80. The number of hydrogen-bond acceptors (Lipinski definition) is 1. The summed E-state index contributed by atoms with van der Waals surface area (Å²) >= 11 is 0. The third-order valence-electron chi connectivity index (χ3n) is 3.45. The van der Waals surface area contributed by atoms with Gasteiger partial charge < -0.3 is 5.73 Å². The van der Waals surface area contributed by atoms with Crippen molar-refractivity contribution in [3.8, 4) is 0 Å². The van der Waals surface area contributed by atoms with Crippen molar-refractivity contribution < 1.29 is 0 Å². The van der Waals surface area contributed by atoms with Gasteiger partial charge in [0, 0.05) is 0 Å². The van der Waals surface area contributed by atoms with E-state index in [0.29, 0.717) is 5.92 Å². The minimum atomic E-state index is 0.596. The van der Waals surface area contributed by atoms with E-state index in [1.165, 1.54) is 31.2 Å². The van der Waals surface area contributed by atoms with E-state index in [1.54, 1.807) is 0 Å². The lowest BCUT2D eigenvalue weighted by atomic mass is 9.85. The van der Waals surface area contributed by atoms with Crippen LogP contribution in [0.1, 0.15) is 37.2 Å². The third kappa shape index (κ3) is 1.98. The second kappa shape index (κ2) is 4.61. The van der Waals surface area contributed by atoms with Gasteiger partial charge in [-0.05, 0) is 36.8 Å². The summed E-state index contributed by atoms with van der Waals surface area (Å²) in [6.45, 7) is 0.800. The van der Waals surface area contributed by atoms with Gasteiger partial charge in [0.1, 0.15) is 0 Å². The summed E-state index contributed by atoms with van der Waals surface area (Å²) in [7, 11) is 0. The second-order valence-electron chi connectivity index (χ2n) is 4.30. The molecule has 1 aromatic carbocycles. The molecule has 2 rings (SSSR count). The van der Waals surface area contributed by atoms with Crippen LogP contribution in [0.5, 0.6) is 0 Å². The van der Waals surface area contributed by atoms with Crippen LogP contribution in [0.3, 0.4) is 0 Å². The highest BCUT2D eigenvalue weighted by atomic mass is 14.6. The van der Waals surface area contributed by atoms with Crippen molar-refractivity contribution in [2.75, 3.05) is 6.54 Å². The van der Waals surface area contributed by atoms with Gasteiger partial charge in [-0.15, -0.1) is 0 Å². The lowest BCUT2D eigenvalue weighted by Crippen LogP contribution is -2.19. The maximum absolute atomic E-state index is 5.88. The first kappa shape index (κ1) is 9.72. The molecule has 1 fully saturated rings. The third-order valence-corrected chi connectivity index (χ3v) is 3.45. The van der Waals surface area contributed by atoms with Crippen molar-refractivity contribution >= 4 is 0 Å². The Morgan fingerprint density at radius 2 is 1.79 bits per heavy atom. The van der Waals surface area contributed by atoms with E-state index in [-0.39, 0.29) is 0 Å². The van der Waals surface area contributed by atoms with Crippen LogP contribution in [0.15, 0.2) is 30.3 Å². The van der Waals surface area contributed by atoms with Crippen LogP contribution in [0.4, 0.5) is 0 Å². The average Bonchev–Trinajstić information content (AvgIpc) is 2.74. The van der Waals surface area contributed by atoms with E-state index in [0.717, 1.165) is 12.5 Å². The van der Waals surface area contributed by atoms with Gasteiger partial charge in [-0.1, -0.05) is 43.2 Å². The zero-order valence-electron chi connectivity index (χ0n) is 8.65. The zero-order valence-corrected chi connectivity index (χ0v) is 8.65. The predicted molar refractivity (Wildman–Crippen MR) is 60.2 cm³/mol. The van der Waals surface area contributed by atoms with Crippen molar-refractivity contribution in [2.45, 2.75) is 31.6 Å². The smallest absolute Gasteiger partial charge is 0.000556 e. The van der Waals surface area contributed by atoms with E-state index in [9.17, 15) is 0 Å². The van der Waals surface area contributed by atoms with E-state index >= 15 is 0 Å². The van der Waals surface area contributed by atoms with Crippen molar-refractivity contribution in [2.24, 2.45) is 11.7 Å². The number of rotatable bonds is 3. The first-order valence-corrected chi connectivity index (χ1v) is 5.67. The Bertz CT molecular complexity index is 262. The number of benzene rings is 1. The van der Waals surface area contributed by atoms with Crippen LogP contribution in [0.25, 0.3) is 0 Å². The van der Waals surface area contributed by atoms with Gasteiger partial charge in [0.2, 0.25) is 0 Å². The standard InChI is InChI=1S/C13H19N/c14-10-13(12-8-4-5-9-12)11-6-2-1-3-7-11/h1-3,6-7,12-13H,4-5,8-10,14H2. The van der Waals surface area contributed by atoms with E-state index < -0.39 is 0 Å². The monoisotopic (exact) mass is 189 g/mol. The van der Waals surface area contributed by atoms with E-state index in [4.69, 9.17) is 5.73 Å². The molecule has 1 aliphatic rings. The topological polar surface area (TPSA) is 26.0 Å². The van der Waals surface area contributed by atoms with Crippen LogP contribution in [0, 0.1) is 5.92 Å². The molecule has 0 amide bonds. The Morgan fingerprint density at radius 1 is 1.14 bits per heavy atom. The van der Waals surface area contributed by atoms with Crippen LogP contribution in [-0.4, -0.2) is 6.54 Å². The molecule has 0 bridgehead atoms. The molecule has 0 saturated heterocycles. The summed E-state index contributed by atoms with van der Waals surface area (Å²) in [5.74, 6) is 1.43. The SMILES string of the molecule is NCC(c1ccccc1)C1CCCC1. The summed E-state index contributed by atoms with van der Waals surface area (Å²) in [6.07, 6.45) is 5.54. The van der Waals surface area contributed by atoms with Gasteiger partial charge >= 0.3 is 0 Å². The largest absolute Gasteiger partial charge is 0.330 e. The van der Waals surface area contributed by atoms with E-state index in [2.05, 4.69) is 30.3 Å². The molecule has 14 heavy (non-hydrogen) atoms. The van der Waals surface area contributed by atoms with Crippen LogP contribution < -0.4 is 5.73 Å². The molecule has 0 heterocycles. The highest BCUT2D eigenvalue weighted by Crippen LogP contribution is 2.36. The molecule has 0 radical (unpaired) electrons. The molecule has 76 valence electrons. The molecule has 1 aliphatic carbocycles. The first-order chi connectivity index (χ1) is 6.92. The Hall–Kier alpha value is -0.820. The summed E-state index contributed by atoms with van der Waals surface area (Å²) < 4.78 is 0. The molecule has 1 saturated carbocycles. The lowest BCUT2D eigenvalue weighted by molar-refractivity contribution is 0.440. The van der Waals surface area contributed by atoms with Crippen LogP contribution >= 0.6 is 0 Å². The summed E-state index contributed by atoms with van der Waals surface area (Å²) in [6, 6.07) is 10.7. The summed E-state index contributed by atoms with van der Waals surface area (Å²) in [5, 5.41) is 0. The number of hydrogen-bond donors (Lipinski definition) is 1. The van der Waals surface area contributed by atoms with Gasteiger partial charge in [0.05, 0.1) is 0 Å². The van der Waals surface area contributed by atoms with Gasteiger partial charge in [-0.3, -0.25) is 0 Å². The van der Waals surface area contributed by atoms with Gasteiger partial charge in [0.15, 0.2) is 0 Å². The van der Waals surface area contributed by atoms with Gasteiger partial charge in [0.25, 0.3) is 0 Å². The first-order valence-electron chi connectivity index (χ1n) is 5.67. The molecule has 0 aliphatic heterocycles. The Balaban J connectivity index is 2.12. The van der Waals surface area contributed by atoms with Gasteiger partial charge in [-0.25, -0.2) is 0 Å². The fourth-order valence-corrected chi connectivity index (χ4v) is 2.66. The normalized spacial score (nSPS) is 19.8. The molecule has 1 heteroatoms. The molecule has 1 aromatic rings. The molecule has 1 unspecified atom stereocenters. The summed E-state index contributed by atoms with van der Waals surface area (Å²) in [4.78, 5) is 0. The fourth-order valence-electron chi connectivity index (χ4n) is 2.66. The van der Waals surface area contributed by atoms with E-state index in [1.807, 2.05) is 0 Å². The molecule has 1 nitrogen and oxygen atoms in total.